The molecule has 5 nitrogen and oxygen atoms in total. The third-order valence-electron chi connectivity index (χ3n) is 4.63. The Balaban J connectivity index is 2.86. The summed E-state index contributed by atoms with van der Waals surface area (Å²) in [5, 5.41) is -0.663. The average molecular weight is 513 g/mol. The Hall–Kier alpha value is -0.271. The molecule has 1 heterocycles. The molecule has 0 N–H and O–H groups in total. The molecule has 2 amide bonds. The molecule has 0 saturated carbocycles. The number of halogens is 2. The number of carbonyl (C=O) groups excluding carboxylic acids is 3. The molecular weight excluding hydrogens is 484 g/mol. The number of hydrogen-bond acceptors (Lipinski definition) is 4. The maximum absolute atomic E-state index is 12.6. The fourth-order valence-electron chi connectivity index (χ4n) is 3.09. The number of amides is 2. The third kappa shape index (κ3) is 6.41. The van der Waals surface area contributed by atoms with Gasteiger partial charge >= 0.3 is 171 Å². The van der Waals surface area contributed by atoms with E-state index in [1.54, 1.807) is 0 Å². The molecular formula is C18H29Cl2NO4Sn. The van der Waals surface area contributed by atoms with Crippen molar-refractivity contribution in [1.29, 1.82) is 0 Å². The molecule has 0 saturated heterocycles. The molecule has 0 fully saturated rings. The summed E-state index contributed by atoms with van der Waals surface area (Å²) in [5.74, 6) is -1.95. The molecule has 0 bridgehead atoms. The van der Waals surface area contributed by atoms with Gasteiger partial charge in [-0.15, -0.1) is 0 Å². The molecule has 0 aromatic heterocycles. The Morgan fingerprint density at radius 3 is 1.62 bits per heavy atom. The number of rotatable bonds is 12. The molecule has 1 aliphatic rings. The van der Waals surface area contributed by atoms with E-state index in [-0.39, 0.29) is 10.1 Å². The van der Waals surface area contributed by atoms with Crippen molar-refractivity contribution >= 4 is 59.8 Å². The van der Waals surface area contributed by atoms with Gasteiger partial charge in [0.2, 0.25) is 0 Å². The van der Waals surface area contributed by atoms with Gasteiger partial charge in [0, 0.05) is 0 Å². The second-order valence-electron chi connectivity index (χ2n) is 6.79. The van der Waals surface area contributed by atoms with Crippen LogP contribution in [-0.4, -0.2) is 48.0 Å². The fraction of sp³-hybridized carbons (Fsp3) is 0.722. The summed E-state index contributed by atoms with van der Waals surface area (Å²) in [6.45, 7) is 5.99. The van der Waals surface area contributed by atoms with Crippen LogP contribution in [0.2, 0.25) is 13.3 Å². The Morgan fingerprint density at radius 1 is 0.885 bits per heavy atom. The predicted molar refractivity (Wildman–Crippen MR) is 106 cm³/mol. The van der Waals surface area contributed by atoms with Crippen LogP contribution in [0.25, 0.3) is 0 Å². The predicted octanol–water partition coefficient (Wildman–Crippen LogP) is 4.93. The molecule has 8 heteroatoms. The Kier molecular flexibility index (Phi) is 10.6. The molecule has 0 aromatic carbocycles. The zero-order valence-electron chi connectivity index (χ0n) is 15.9. The molecule has 148 valence electrons. The van der Waals surface area contributed by atoms with Crippen LogP contribution in [0.4, 0.5) is 0 Å². The van der Waals surface area contributed by atoms with Gasteiger partial charge in [-0.05, 0) is 0 Å². The molecule has 0 radical (unpaired) electrons. The first-order chi connectivity index (χ1) is 12.3. The van der Waals surface area contributed by atoms with Crippen LogP contribution in [0.15, 0.2) is 10.1 Å². The van der Waals surface area contributed by atoms with Crippen molar-refractivity contribution < 1.29 is 17.5 Å². The topological polar surface area (TPSA) is 63.7 Å². The van der Waals surface area contributed by atoms with E-state index in [4.69, 9.17) is 26.3 Å². The Labute approximate surface area is 170 Å². The first kappa shape index (κ1) is 23.8. The minimum absolute atomic E-state index is 0.331. The quantitative estimate of drug-likeness (QED) is 0.274. The first-order valence-electron chi connectivity index (χ1n) is 9.45. The molecule has 26 heavy (non-hydrogen) atoms. The van der Waals surface area contributed by atoms with E-state index in [2.05, 4.69) is 20.8 Å². The SMILES string of the molecule is CCC[CH2][Sn]([CH2]CCC)([CH2]CCC)[O]C(=O)CN1C(=O)C(Cl)=C(Cl)C1=O. The second kappa shape index (κ2) is 11.5. The van der Waals surface area contributed by atoms with Gasteiger partial charge in [-0.1, -0.05) is 0 Å². The summed E-state index contributed by atoms with van der Waals surface area (Å²) in [6, 6.07) is 0. The van der Waals surface area contributed by atoms with Crippen LogP contribution in [0.3, 0.4) is 0 Å². The summed E-state index contributed by atoms with van der Waals surface area (Å²) >= 11 is 8.32. The van der Waals surface area contributed by atoms with Crippen LogP contribution in [0.5, 0.6) is 0 Å². The van der Waals surface area contributed by atoms with Crippen LogP contribution in [0.1, 0.15) is 59.3 Å². The second-order valence-corrected chi connectivity index (χ2v) is 19.2. The third-order valence-corrected chi connectivity index (χ3v) is 18.1. The summed E-state index contributed by atoms with van der Waals surface area (Å²) < 4.78 is 9.09. The molecule has 1 aliphatic heterocycles. The maximum atomic E-state index is 12.6. The molecule has 0 unspecified atom stereocenters. The van der Waals surface area contributed by atoms with Gasteiger partial charge in [0.15, 0.2) is 0 Å². The van der Waals surface area contributed by atoms with E-state index >= 15 is 0 Å². The van der Waals surface area contributed by atoms with Crippen molar-refractivity contribution in [2.45, 2.75) is 72.6 Å². The van der Waals surface area contributed by atoms with E-state index in [9.17, 15) is 14.4 Å². The van der Waals surface area contributed by atoms with E-state index < -0.39 is 43.1 Å². The van der Waals surface area contributed by atoms with Gasteiger partial charge in [0.25, 0.3) is 0 Å². The summed E-state index contributed by atoms with van der Waals surface area (Å²) in [7, 11) is 0. The fourth-order valence-corrected chi connectivity index (χ4v) is 16.6. The van der Waals surface area contributed by atoms with E-state index in [0.717, 1.165) is 56.7 Å². The first-order valence-corrected chi connectivity index (χ1v) is 17.4. The van der Waals surface area contributed by atoms with Gasteiger partial charge in [-0.2, -0.15) is 0 Å². The number of carbonyl (C=O) groups is 3. The number of nitrogens with zero attached hydrogens (tertiary/aromatic N) is 1. The van der Waals surface area contributed by atoms with Crippen LogP contribution in [0, 0.1) is 0 Å². The molecule has 0 aliphatic carbocycles. The van der Waals surface area contributed by atoms with Crippen molar-refractivity contribution in [3.63, 3.8) is 0 Å². The van der Waals surface area contributed by atoms with Crippen LogP contribution >= 0.6 is 23.2 Å². The summed E-state index contributed by atoms with van der Waals surface area (Å²) in [4.78, 5) is 37.3. The number of imide groups is 1. The average Bonchev–Trinajstić information content (AvgIpc) is 2.80. The zero-order valence-corrected chi connectivity index (χ0v) is 20.3. The van der Waals surface area contributed by atoms with E-state index in [1.807, 2.05) is 0 Å². The van der Waals surface area contributed by atoms with Gasteiger partial charge in [-0.25, -0.2) is 0 Å². The van der Waals surface area contributed by atoms with Crippen molar-refractivity contribution in [3.8, 4) is 0 Å². The Morgan fingerprint density at radius 2 is 1.27 bits per heavy atom. The standard InChI is InChI=1S/C6H3Cl2NO4.3C4H9.Sn/c7-3-4(8)6(13)9(5(3)12)1-2(10)11;3*1-3-4-2;/h1H2,(H,10,11);3*1,3-4H2,2H3;/q;;;;+1/p-1. The molecule has 0 spiro atoms. The van der Waals surface area contributed by atoms with E-state index in [0.29, 0.717) is 0 Å². The van der Waals surface area contributed by atoms with Crippen molar-refractivity contribution in [2.24, 2.45) is 0 Å². The van der Waals surface area contributed by atoms with Gasteiger partial charge in [-0.3, -0.25) is 0 Å². The molecule has 1 rings (SSSR count). The number of hydrogen-bond donors (Lipinski definition) is 0. The van der Waals surface area contributed by atoms with Gasteiger partial charge < -0.3 is 0 Å². The van der Waals surface area contributed by atoms with Gasteiger partial charge in [0.05, 0.1) is 0 Å². The minimum atomic E-state index is -3.13. The number of unbranched alkanes of at least 4 members (excludes halogenated alkanes) is 3. The van der Waals surface area contributed by atoms with E-state index in [1.165, 1.54) is 0 Å². The summed E-state index contributed by atoms with van der Waals surface area (Å²) in [6.07, 6.45) is 6.35. The zero-order chi connectivity index (χ0) is 19.7. The monoisotopic (exact) mass is 513 g/mol. The summed E-state index contributed by atoms with van der Waals surface area (Å²) in [5.41, 5.74) is 0. The van der Waals surface area contributed by atoms with Gasteiger partial charge in [0.1, 0.15) is 0 Å². The molecule has 0 atom stereocenters. The van der Waals surface area contributed by atoms with Crippen molar-refractivity contribution in [3.05, 3.63) is 10.1 Å². The Bertz CT molecular complexity index is 520. The normalized spacial score (nSPS) is 15.2. The van der Waals surface area contributed by atoms with Crippen LogP contribution < -0.4 is 0 Å². The molecule has 0 aromatic rings. The van der Waals surface area contributed by atoms with Crippen LogP contribution in [-0.2, 0) is 17.5 Å². The van der Waals surface area contributed by atoms with Crippen molar-refractivity contribution in [1.82, 2.24) is 4.90 Å². The van der Waals surface area contributed by atoms with Crippen molar-refractivity contribution in [2.75, 3.05) is 6.54 Å².